The number of likely N-dealkylation sites (N-methyl/N-ethyl adjacent to an activating group) is 1. The second-order valence-corrected chi connectivity index (χ2v) is 5.97. The third-order valence-corrected chi connectivity index (χ3v) is 3.92. The number of nitrogens with zero attached hydrogens (tertiary/aromatic N) is 4. The average molecular weight is 327 g/mol. The van der Waals surface area contributed by atoms with Crippen LogP contribution in [0.1, 0.15) is 42.1 Å². The van der Waals surface area contributed by atoms with E-state index in [2.05, 4.69) is 20.3 Å². The average Bonchev–Trinajstić information content (AvgIpc) is 2.59. The number of anilines is 1. The Morgan fingerprint density at radius 1 is 1.29 bits per heavy atom. The molecule has 2 rings (SSSR count). The molecule has 0 aliphatic rings. The van der Waals surface area contributed by atoms with Crippen molar-refractivity contribution in [3.8, 4) is 0 Å². The summed E-state index contributed by atoms with van der Waals surface area (Å²) in [4.78, 5) is 27.1. The number of aromatic nitrogens is 3. The summed E-state index contributed by atoms with van der Waals surface area (Å²) >= 11 is 0. The number of aryl methyl sites for hydroxylation is 1. The van der Waals surface area contributed by atoms with Crippen molar-refractivity contribution in [3.63, 3.8) is 0 Å². The summed E-state index contributed by atoms with van der Waals surface area (Å²) in [5.74, 6) is 1.20. The van der Waals surface area contributed by atoms with Crippen molar-refractivity contribution >= 4 is 11.7 Å². The van der Waals surface area contributed by atoms with Gasteiger partial charge < -0.3 is 10.2 Å². The molecule has 2 heterocycles. The molecule has 6 nitrogen and oxygen atoms in total. The predicted octanol–water partition coefficient (Wildman–Crippen LogP) is 2.39. The molecule has 0 radical (unpaired) electrons. The van der Waals surface area contributed by atoms with E-state index in [-0.39, 0.29) is 11.9 Å². The molecule has 0 aliphatic heterocycles. The Morgan fingerprint density at radius 2 is 2.00 bits per heavy atom. The van der Waals surface area contributed by atoms with Gasteiger partial charge in [-0.3, -0.25) is 9.78 Å². The van der Waals surface area contributed by atoms with Crippen LogP contribution in [-0.2, 0) is 6.42 Å². The Labute approximate surface area is 143 Å². The van der Waals surface area contributed by atoms with Gasteiger partial charge in [-0.1, -0.05) is 6.92 Å². The SMILES string of the molecule is CCC(C)NC(=O)c1cc(N(C)CCc2ccncc2)nc(C)n1. The van der Waals surface area contributed by atoms with Crippen LogP contribution in [0.4, 0.5) is 5.82 Å². The number of hydrogen-bond acceptors (Lipinski definition) is 5. The van der Waals surface area contributed by atoms with Crippen LogP contribution < -0.4 is 10.2 Å². The molecule has 1 N–H and O–H groups in total. The molecule has 0 fully saturated rings. The first-order valence-electron chi connectivity index (χ1n) is 8.26. The van der Waals surface area contributed by atoms with Gasteiger partial charge in [-0.15, -0.1) is 0 Å². The standard InChI is InChI=1S/C18H25N5O/c1-5-13(2)20-18(24)16-12-17(22-14(3)21-16)23(4)11-8-15-6-9-19-10-7-15/h6-7,9-10,12-13H,5,8,11H2,1-4H3,(H,20,24). The predicted molar refractivity (Wildman–Crippen MR) is 95.2 cm³/mol. The van der Waals surface area contributed by atoms with Crippen LogP contribution in [0, 0.1) is 6.92 Å². The zero-order chi connectivity index (χ0) is 17.5. The summed E-state index contributed by atoms with van der Waals surface area (Å²) in [5, 5.41) is 2.94. The lowest BCUT2D eigenvalue weighted by molar-refractivity contribution is 0.0934. The molecule has 0 saturated heterocycles. The Hall–Kier alpha value is -2.50. The number of pyridine rings is 1. The van der Waals surface area contributed by atoms with Gasteiger partial charge in [0.1, 0.15) is 17.3 Å². The lowest BCUT2D eigenvalue weighted by atomic mass is 10.2. The van der Waals surface area contributed by atoms with Gasteiger partial charge in [-0.05, 0) is 44.4 Å². The van der Waals surface area contributed by atoms with E-state index < -0.39 is 0 Å². The van der Waals surface area contributed by atoms with Gasteiger partial charge in [-0.2, -0.15) is 0 Å². The third-order valence-electron chi connectivity index (χ3n) is 3.92. The zero-order valence-electron chi connectivity index (χ0n) is 14.8. The number of carbonyl (C=O) groups excluding carboxylic acids is 1. The molecule has 128 valence electrons. The summed E-state index contributed by atoms with van der Waals surface area (Å²) in [6.07, 6.45) is 5.36. The number of rotatable bonds is 7. The van der Waals surface area contributed by atoms with E-state index in [9.17, 15) is 4.79 Å². The maximum Gasteiger partial charge on any atom is 0.270 e. The highest BCUT2D eigenvalue weighted by Crippen LogP contribution is 2.12. The maximum atomic E-state index is 12.3. The highest BCUT2D eigenvalue weighted by Gasteiger charge is 2.14. The van der Waals surface area contributed by atoms with Crippen molar-refractivity contribution < 1.29 is 4.79 Å². The van der Waals surface area contributed by atoms with E-state index in [1.165, 1.54) is 5.56 Å². The molecule has 0 aromatic carbocycles. The molecule has 0 bridgehead atoms. The van der Waals surface area contributed by atoms with Crippen molar-refractivity contribution in [1.82, 2.24) is 20.3 Å². The van der Waals surface area contributed by atoms with Crippen molar-refractivity contribution in [2.45, 2.75) is 39.7 Å². The van der Waals surface area contributed by atoms with E-state index in [0.717, 1.165) is 25.2 Å². The highest BCUT2D eigenvalue weighted by molar-refractivity contribution is 5.93. The molecule has 0 saturated carbocycles. The van der Waals surface area contributed by atoms with Crippen molar-refractivity contribution in [2.24, 2.45) is 0 Å². The minimum Gasteiger partial charge on any atom is -0.359 e. The fraction of sp³-hybridized carbons (Fsp3) is 0.444. The quantitative estimate of drug-likeness (QED) is 0.845. The smallest absolute Gasteiger partial charge is 0.270 e. The van der Waals surface area contributed by atoms with Gasteiger partial charge in [0.25, 0.3) is 5.91 Å². The number of nitrogens with one attached hydrogen (secondary N) is 1. The van der Waals surface area contributed by atoms with Crippen LogP contribution >= 0.6 is 0 Å². The molecule has 24 heavy (non-hydrogen) atoms. The Balaban J connectivity index is 2.07. The normalized spacial score (nSPS) is 11.8. The lowest BCUT2D eigenvalue weighted by Crippen LogP contribution is -2.33. The van der Waals surface area contributed by atoms with Gasteiger partial charge in [0.05, 0.1) is 0 Å². The van der Waals surface area contributed by atoms with E-state index in [1.807, 2.05) is 37.9 Å². The summed E-state index contributed by atoms with van der Waals surface area (Å²) in [6.45, 7) is 6.62. The first-order chi connectivity index (χ1) is 11.5. The summed E-state index contributed by atoms with van der Waals surface area (Å²) in [7, 11) is 1.97. The van der Waals surface area contributed by atoms with Crippen molar-refractivity contribution in [2.75, 3.05) is 18.5 Å². The van der Waals surface area contributed by atoms with Crippen LogP contribution in [0.2, 0.25) is 0 Å². The first-order valence-corrected chi connectivity index (χ1v) is 8.26. The van der Waals surface area contributed by atoms with E-state index >= 15 is 0 Å². The van der Waals surface area contributed by atoms with Crippen LogP contribution in [-0.4, -0.2) is 40.5 Å². The zero-order valence-corrected chi connectivity index (χ0v) is 14.8. The lowest BCUT2D eigenvalue weighted by Gasteiger charge is -2.19. The van der Waals surface area contributed by atoms with Crippen LogP contribution in [0.25, 0.3) is 0 Å². The van der Waals surface area contributed by atoms with Crippen molar-refractivity contribution in [3.05, 3.63) is 47.7 Å². The number of carbonyl (C=O) groups is 1. The molecule has 0 aliphatic carbocycles. The van der Waals surface area contributed by atoms with Crippen molar-refractivity contribution in [1.29, 1.82) is 0 Å². The van der Waals surface area contributed by atoms with Gasteiger partial charge >= 0.3 is 0 Å². The minimum atomic E-state index is -0.154. The van der Waals surface area contributed by atoms with E-state index in [0.29, 0.717) is 11.5 Å². The summed E-state index contributed by atoms with van der Waals surface area (Å²) in [5.41, 5.74) is 1.63. The number of amides is 1. The molecule has 0 spiro atoms. The minimum absolute atomic E-state index is 0.126. The largest absolute Gasteiger partial charge is 0.359 e. The van der Waals surface area contributed by atoms with Gasteiger partial charge in [0, 0.05) is 38.1 Å². The van der Waals surface area contributed by atoms with E-state index in [1.54, 1.807) is 25.4 Å². The molecular formula is C18H25N5O. The second-order valence-electron chi connectivity index (χ2n) is 5.97. The van der Waals surface area contributed by atoms with Gasteiger partial charge in [-0.25, -0.2) is 9.97 Å². The Morgan fingerprint density at radius 3 is 2.67 bits per heavy atom. The Kier molecular flexibility index (Phi) is 6.23. The second kappa shape index (κ2) is 8.38. The topological polar surface area (TPSA) is 71.0 Å². The maximum absolute atomic E-state index is 12.3. The fourth-order valence-corrected chi connectivity index (χ4v) is 2.22. The molecule has 2 aromatic rings. The Bertz CT molecular complexity index is 674. The third kappa shape index (κ3) is 5.01. The molecule has 1 amide bonds. The van der Waals surface area contributed by atoms with Gasteiger partial charge in [0.15, 0.2) is 0 Å². The summed E-state index contributed by atoms with van der Waals surface area (Å²) < 4.78 is 0. The van der Waals surface area contributed by atoms with Gasteiger partial charge in [0.2, 0.25) is 0 Å². The van der Waals surface area contributed by atoms with E-state index in [4.69, 9.17) is 0 Å². The molecule has 2 aromatic heterocycles. The first kappa shape index (κ1) is 17.8. The molecular weight excluding hydrogens is 302 g/mol. The number of hydrogen-bond donors (Lipinski definition) is 1. The van der Waals surface area contributed by atoms with Crippen LogP contribution in [0.5, 0.6) is 0 Å². The van der Waals surface area contributed by atoms with Crippen LogP contribution in [0.3, 0.4) is 0 Å². The molecule has 6 heteroatoms. The summed E-state index contributed by atoms with van der Waals surface area (Å²) in [6, 6.07) is 5.88. The fourth-order valence-electron chi connectivity index (χ4n) is 2.22. The monoisotopic (exact) mass is 327 g/mol. The molecule has 1 unspecified atom stereocenters. The molecule has 1 atom stereocenters. The highest BCUT2D eigenvalue weighted by atomic mass is 16.1. The van der Waals surface area contributed by atoms with Crippen LogP contribution in [0.15, 0.2) is 30.6 Å².